The average Bonchev–Trinajstić information content (AvgIpc) is 2.25. The molecule has 15 heavy (non-hydrogen) atoms. The third kappa shape index (κ3) is 4.14. The molecule has 0 saturated heterocycles. The van der Waals surface area contributed by atoms with Crippen molar-refractivity contribution in [3.05, 3.63) is 46.5 Å². The second-order valence-electron chi connectivity index (χ2n) is 3.02. The van der Waals surface area contributed by atoms with E-state index in [4.69, 9.17) is 6.42 Å². The zero-order valence-corrected chi connectivity index (χ0v) is 9.83. The zero-order chi connectivity index (χ0) is 11.1. The molecule has 0 spiro atoms. The Hall–Kier alpha value is -1.33. The highest BCUT2D eigenvalue weighted by atomic mass is 79.9. The van der Waals surface area contributed by atoms with Crippen molar-refractivity contribution >= 4 is 21.7 Å². The lowest BCUT2D eigenvalue weighted by molar-refractivity contribution is 0.104. The standard InChI is InChI=1S/C13H11BrO/c1-2-3-4-5-6-13(15)11-7-9-12(14)10-8-11/h1,5-10H,3-4H2/b6-5+. The number of terminal acetylenes is 1. The van der Waals surface area contributed by atoms with Gasteiger partial charge in [0.1, 0.15) is 0 Å². The molecule has 0 atom stereocenters. The maximum atomic E-state index is 11.6. The average molecular weight is 263 g/mol. The highest BCUT2D eigenvalue weighted by Gasteiger charge is 1.99. The lowest BCUT2D eigenvalue weighted by Gasteiger charge is -1.95. The lowest BCUT2D eigenvalue weighted by Crippen LogP contribution is -1.93. The molecule has 0 aliphatic carbocycles. The summed E-state index contributed by atoms with van der Waals surface area (Å²) in [6.45, 7) is 0. The van der Waals surface area contributed by atoms with Gasteiger partial charge in [0.25, 0.3) is 0 Å². The van der Waals surface area contributed by atoms with Crippen LogP contribution in [-0.2, 0) is 0 Å². The molecule has 0 fully saturated rings. The predicted octanol–water partition coefficient (Wildman–Crippen LogP) is 3.60. The summed E-state index contributed by atoms with van der Waals surface area (Å²) in [5, 5.41) is 0. The van der Waals surface area contributed by atoms with Gasteiger partial charge >= 0.3 is 0 Å². The molecule has 0 radical (unpaired) electrons. The van der Waals surface area contributed by atoms with Gasteiger partial charge < -0.3 is 0 Å². The van der Waals surface area contributed by atoms with Crippen LogP contribution in [0, 0.1) is 12.3 Å². The Morgan fingerprint density at radius 2 is 2.07 bits per heavy atom. The Morgan fingerprint density at radius 3 is 2.67 bits per heavy atom. The van der Waals surface area contributed by atoms with Crippen LogP contribution in [0.5, 0.6) is 0 Å². The summed E-state index contributed by atoms with van der Waals surface area (Å²) in [5.74, 6) is 2.53. The van der Waals surface area contributed by atoms with Gasteiger partial charge in [0.2, 0.25) is 0 Å². The predicted molar refractivity (Wildman–Crippen MR) is 65.7 cm³/mol. The van der Waals surface area contributed by atoms with E-state index in [2.05, 4.69) is 21.9 Å². The molecule has 0 bridgehead atoms. The molecule has 0 aliphatic heterocycles. The van der Waals surface area contributed by atoms with Gasteiger partial charge in [-0.05, 0) is 36.8 Å². The molecule has 1 aromatic rings. The Balaban J connectivity index is 2.58. The van der Waals surface area contributed by atoms with Crippen LogP contribution in [0.4, 0.5) is 0 Å². The van der Waals surface area contributed by atoms with Gasteiger partial charge in [0.15, 0.2) is 5.78 Å². The molecule has 76 valence electrons. The van der Waals surface area contributed by atoms with Crippen molar-refractivity contribution in [2.75, 3.05) is 0 Å². The van der Waals surface area contributed by atoms with Crippen molar-refractivity contribution in [2.24, 2.45) is 0 Å². The first-order chi connectivity index (χ1) is 7.24. The molecule has 2 heteroatoms. The van der Waals surface area contributed by atoms with Crippen LogP contribution in [0.1, 0.15) is 23.2 Å². The van der Waals surface area contributed by atoms with E-state index in [1.54, 1.807) is 18.2 Å². The van der Waals surface area contributed by atoms with Crippen LogP contribution in [0.2, 0.25) is 0 Å². The summed E-state index contributed by atoms with van der Waals surface area (Å²) in [4.78, 5) is 11.6. The monoisotopic (exact) mass is 262 g/mol. The molecule has 0 N–H and O–H groups in total. The number of allylic oxidation sites excluding steroid dienone is 2. The number of benzene rings is 1. The fourth-order valence-electron chi connectivity index (χ4n) is 1.07. The molecular weight excluding hydrogens is 252 g/mol. The highest BCUT2D eigenvalue weighted by Crippen LogP contribution is 2.11. The first-order valence-electron chi connectivity index (χ1n) is 4.64. The van der Waals surface area contributed by atoms with Crippen molar-refractivity contribution in [3.8, 4) is 12.3 Å². The van der Waals surface area contributed by atoms with Crippen LogP contribution in [0.15, 0.2) is 40.9 Å². The van der Waals surface area contributed by atoms with E-state index in [1.807, 2.05) is 18.2 Å². The number of rotatable bonds is 4. The Bertz CT molecular complexity index is 396. The van der Waals surface area contributed by atoms with E-state index in [0.717, 1.165) is 10.9 Å². The molecule has 1 rings (SSSR count). The van der Waals surface area contributed by atoms with Crippen LogP contribution in [0.25, 0.3) is 0 Å². The number of ketones is 1. The largest absolute Gasteiger partial charge is 0.289 e. The quantitative estimate of drug-likeness (QED) is 0.351. The Labute approximate surface area is 98.3 Å². The van der Waals surface area contributed by atoms with E-state index in [9.17, 15) is 4.79 Å². The van der Waals surface area contributed by atoms with Gasteiger partial charge in [-0.3, -0.25) is 4.79 Å². The molecule has 1 nitrogen and oxygen atoms in total. The lowest BCUT2D eigenvalue weighted by atomic mass is 10.1. The topological polar surface area (TPSA) is 17.1 Å². The van der Waals surface area contributed by atoms with Crippen molar-refractivity contribution in [1.82, 2.24) is 0 Å². The SMILES string of the molecule is C#CCC/C=C/C(=O)c1ccc(Br)cc1. The van der Waals surface area contributed by atoms with E-state index in [1.165, 1.54) is 0 Å². The minimum absolute atomic E-state index is 0.0134. The fraction of sp³-hybridized carbons (Fsp3) is 0.154. The van der Waals surface area contributed by atoms with E-state index >= 15 is 0 Å². The molecule has 0 heterocycles. The summed E-state index contributed by atoms with van der Waals surface area (Å²) >= 11 is 3.32. The first kappa shape index (κ1) is 11.7. The van der Waals surface area contributed by atoms with Crippen LogP contribution < -0.4 is 0 Å². The molecule has 0 saturated carbocycles. The molecule has 0 amide bonds. The second-order valence-corrected chi connectivity index (χ2v) is 3.93. The number of halogens is 1. The van der Waals surface area contributed by atoms with Crippen molar-refractivity contribution in [1.29, 1.82) is 0 Å². The van der Waals surface area contributed by atoms with Crippen LogP contribution in [0.3, 0.4) is 0 Å². The van der Waals surface area contributed by atoms with Crippen LogP contribution in [-0.4, -0.2) is 5.78 Å². The van der Waals surface area contributed by atoms with E-state index in [-0.39, 0.29) is 5.78 Å². The summed E-state index contributed by atoms with van der Waals surface area (Å²) in [7, 11) is 0. The molecule has 0 aromatic heterocycles. The van der Waals surface area contributed by atoms with E-state index < -0.39 is 0 Å². The third-order valence-corrected chi connectivity index (χ3v) is 2.38. The van der Waals surface area contributed by atoms with Crippen LogP contribution >= 0.6 is 15.9 Å². The molecule has 1 aromatic carbocycles. The number of hydrogen-bond donors (Lipinski definition) is 0. The van der Waals surface area contributed by atoms with Crippen molar-refractivity contribution in [3.63, 3.8) is 0 Å². The van der Waals surface area contributed by atoms with E-state index in [0.29, 0.717) is 12.0 Å². The first-order valence-corrected chi connectivity index (χ1v) is 5.43. The Morgan fingerprint density at radius 1 is 1.40 bits per heavy atom. The van der Waals surface area contributed by atoms with Crippen molar-refractivity contribution in [2.45, 2.75) is 12.8 Å². The number of unbranched alkanes of at least 4 members (excludes halogenated alkanes) is 1. The fourth-order valence-corrected chi connectivity index (χ4v) is 1.33. The second kappa shape index (κ2) is 6.21. The van der Waals surface area contributed by atoms with Gasteiger partial charge in [0.05, 0.1) is 0 Å². The van der Waals surface area contributed by atoms with Gasteiger partial charge in [-0.1, -0.05) is 22.0 Å². The number of hydrogen-bond acceptors (Lipinski definition) is 1. The summed E-state index contributed by atoms with van der Waals surface area (Å²) in [5.41, 5.74) is 0.690. The zero-order valence-electron chi connectivity index (χ0n) is 8.24. The third-order valence-electron chi connectivity index (χ3n) is 1.85. The van der Waals surface area contributed by atoms with Gasteiger partial charge in [-0.25, -0.2) is 0 Å². The normalized spacial score (nSPS) is 10.1. The summed E-state index contributed by atoms with van der Waals surface area (Å²) in [6, 6.07) is 7.28. The minimum Gasteiger partial charge on any atom is -0.289 e. The summed E-state index contributed by atoms with van der Waals surface area (Å²) in [6.07, 6.45) is 9.90. The van der Waals surface area contributed by atoms with Gasteiger partial charge in [-0.15, -0.1) is 12.3 Å². The molecule has 0 unspecified atom stereocenters. The summed E-state index contributed by atoms with van der Waals surface area (Å²) < 4.78 is 0.968. The maximum Gasteiger partial charge on any atom is 0.185 e. The maximum absolute atomic E-state index is 11.6. The number of carbonyl (C=O) groups is 1. The smallest absolute Gasteiger partial charge is 0.185 e. The molecule has 0 aliphatic rings. The van der Waals surface area contributed by atoms with Crippen molar-refractivity contribution < 1.29 is 4.79 Å². The number of carbonyl (C=O) groups excluding carboxylic acids is 1. The minimum atomic E-state index is 0.0134. The Kier molecular flexibility index (Phi) is 4.86. The molecular formula is C13H11BrO. The highest BCUT2D eigenvalue weighted by molar-refractivity contribution is 9.10. The van der Waals surface area contributed by atoms with Gasteiger partial charge in [-0.2, -0.15) is 0 Å². The van der Waals surface area contributed by atoms with Gasteiger partial charge in [0, 0.05) is 16.5 Å².